The van der Waals surface area contributed by atoms with Gasteiger partial charge in [0, 0.05) is 25.3 Å². The number of benzene rings is 3. The highest BCUT2D eigenvalue weighted by atomic mass is 35.5. The number of nitrogens with zero attached hydrogens (tertiary/aromatic N) is 2. The van der Waals surface area contributed by atoms with E-state index in [1.165, 1.54) is 22.7 Å². The molecule has 0 aliphatic carbocycles. The summed E-state index contributed by atoms with van der Waals surface area (Å²) >= 11 is 12.8. The van der Waals surface area contributed by atoms with E-state index in [4.69, 9.17) is 28.6 Å². The number of hydrogen-bond donors (Lipinski definition) is 0. The van der Waals surface area contributed by atoms with E-state index in [1.807, 2.05) is 55.4 Å². The number of rotatable bonds is 6. The van der Waals surface area contributed by atoms with E-state index in [0.29, 0.717) is 25.6 Å². The minimum Gasteiger partial charge on any atom is -0.489 e. The highest BCUT2D eigenvalue weighted by molar-refractivity contribution is 8.27. The van der Waals surface area contributed by atoms with Crippen molar-refractivity contribution >= 4 is 63.3 Å². The first-order chi connectivity index (χ1) is 15.8. The molecule has 1 heterocycles. The molecule has 0 N–H and O–H groups in total. The summed E-state index contributed by atoms with van der Waals surface area (Å²) in [5.41, 5.74) is 2.83. The Morgan fingerprint density at radius 3 is 2.55 bits per heavy atom. The first kappa shape index (κ1) is 23.3. The van der Waals surface area contributed by atoms with Gasteiger partial charge >= 0.3 is 0 Å². The number of ether oxygens (including phenoxy) is 1. The fraction of sp³-hybridized carbons (Fsp3) is 0.120. The van der Waals surface area contributed by atoms with E-state index in [0.717, 1.165) is 16.9 Å². The van der Waals surface area contributed by atoms with E-state index in [2.05, 4.69) is 0 Å². The van der Waals surface area contributed by atoms with E-state index in [1.54, 1.807) is 30.3 Å². The van der Waals surface area contributed by atoms with Crippen LogP contribution in [-0.2, 0) is 11.4 Å². The van der Waals surface area contributed by atoms with Gasteiger partial charge in [0.1, 0.15) is 18.2 Å². The van der Waals surface area contributed by atoms with Crippen LogP contribution in [0.4, 0.5) is 15.8 Å². The number of hydrogen-bond acceptors (Lipinski definition) is 5. The van der Waals surface area contributed by atoms with Gasteiger partial charge in [-0.3, -0.25) is 9.69 Å². The summed E-state index contributed by atoms with van der Waals surface area (Å²) in [7, 11) is 3.92. The van der Waals surface area contributed by atoms with Crippen molar-refractivity contribution in [3.63, 3.8) is 0 Å². The Kier molecular flexibility index (Phi) is 7.02. The molecule has 1 aliphatic heterocycles. The van der Waals surface area contributed by atoms with Crippen LogP contribution in [0, 0.1) is 5.82 Å². The van der Waals surface area contributed by atoms with Crippen LogP contribution in [-0.4, -0.2) is 24.3 Å². The third-order valence-electron chi connectivity index (χ3n) is 5.02. The number of carbonyl (C=O) groups excluding carboxylic acids is 1. The Morgan fingerprint density at radius 2 is 1.85 bits per heavy atom. The van der Waals surface area contributed by atoms with Crippen molar-refractivity contribution in [2.24, 2.45) is 0 Å². The van der Waals surface area contributed by atoms with Crippen LogP contribution < -0.4 is 14.5 Å². The molecule has 33 heavy (non-hydrogen) atoms. The van der Waals surface area contributed by atoms with Crippen molar-refractivity contribution in [3.05, 3.63) is 93.6 Å². The molecule has 0 radical (unpaired) electrons. The maximum atomic E-state index is 14.0. The number of carbonyl (C=O) groups is 1. The highest BCUT2D eigenvalue weighted by Crippen LogP contribution is 2.36. The Balaban J connectivity index is 1.51. The van der Waals surface area contributed by atoms with Gasteiger partial charge in [-0.1, -0.05) is 53.8 Å². The molecule has 1 aliphatic rings. The van der Waals surface area contributed by atoms with Crippen LogP contribution in [0.25, 0.3) is 6.08 Å². The monoisotopic (exact) mass is 498 g/mol. The lowest BCUT2D eigenvalue weighted by Crippen LogP contribution is -2.27. The fourth-order valence-corrected chi connectivity index (χ4v) is 4.78. The molecule has 3 aromatic rings. The number of amides is 1. The molecule has 0 aromatic heterocycles. The predicted octanol–water partition coefficient (Wildman–Crippen LogP) is 6.53. The number of halogens is 2. The summed E-state index contributed by atoms with van der Waals surface area (Å²) < 4.78 is 20.2. The average molecular weight is 499 g/mol. The van der Waals surface area contributed by atoms with Gasteiger partial charge in [0.25, 0.3) is 5.91 Å². The van der Waals surface area contributed by atoms with Crippen molar-refractivity contribution in [2.75, 3.05) is 23.9 Å². The zero-order valence-electron chi connectivity index (χ0n) is 17.9. The van der Waals surface area contributed by atoms with Crippen LogP contribution in [0.2, 0.25) is 5.02 Å². The summed E-state index contributed by atoms with van der Waals surface area (Å²) in [5, 5.41) is 0.313. The Labute approximate surface area is 206 Å². The molecule has 0 saturated carbocycles. The Morgan fingerprint density at radius 1 is 1.12 bits per heavy atom. The fourth-order valence-electron chi connectivity index (χ4n) is 3.26. The largest absolute Gasteiger partial charge is 0.489 e. The molecular formula is C25H20ClFN2O2S2. The standard InChI is InChI=1S/C25H20ClFN2O2S2/c1-28(2)17-9-11-18(12-10-17)29-24(30)23(33-25(29)32)14-16-5-3-6-19(13-16)31-15-20-21(26)7-4-8-22(20)27/h3-14H,15H2,1-2H3/b23-14-. The molecule has 0 bridgehead atoms. The van der Waals surface area contributed by atoms with Crippen LogP contribution in [0.5, 0.6) is 5.75 Å². The lowest BCUT2D eigenvalue weighted by molar-refractivity contribution is -0.113. The van der Waals surface area contributed by atoms with Gasteiger partial charge in [0.15, 0.2) is 4.32 Å². The molecule has 4 nitrogen and oxygen atoms in total. The summed E-state index contributed by atoms with van der Waals surface area (Å²) in [5.74, 6) is -0.0502. The van der Waals surface area contributed by atoms with Gasteiger partial charge in [-0.05, 0) is 60.2 Å². The van der Waals surface area contributed by atoms with Gasteiger partial charge in [-0.25, -0.2) is 4.39 Å². The second-order valence-corrected chi connectivity index (χ2v) is 9.57. The summed E-state index contributed by atoms with van der Waals surface area (Å²) in [6, 6.07) is 19.4. The van der Waals surface area contributed by atoms with Crippen LogP contribution in [0.15, 0.2) is 71.6 Å². The molecule has 0 spiro atoms. The average Bonchev–Trinajstić information content (AvgIpc) is 3.06. The van der Waals surface area contributed by atoms with Crippen LogP contribution >= 0.6 is 35.6 Å². The first-order valence-electron chi connectivity index (χ1n) is 10.0. The minimum absolute atomic E-state index is 0.0000194. The molecule has 4 rings (SSSR count). The lowest BCUT2D eigenvalue weighted by Gasteiger charge is -2.17. The molecule has 0 unspecified atom stereocenters. The van der Waals surface area contributed by atoms with Crippen molar-refractivity contribution in [3.8, 4) is 5.75 Å². The van der Waals surface area contributed by atoms with Gasteiger partial charge < -0.3 is 9.64 Å². The van der Waals surface area contributed by atoms with Crippen molar-refractivity contribution in [1.29, 1.82) is 0 Å². The summed E-state index contributed by atoms with van der Waals surface area (Å²) in [6.07, 6.45) is 1.77. The molecule has 0 atom stereocenters. The molecule has 1 amide bonds. The maximum absolute atomic E-state index is 14.0. The Hall–Kier alpha value is -2.87. The van der Waals surface area contributed by atoms with Gasteiger partial charge in [0.2, 0.25) is 0 Å². The second-order valence-electron chi connectivity index (χ2n) is 7.49. The van der Waals surface area contributed by atoms with Crippen LogP contribution in [0.3, 0.4) is 0 Å². The molecule has 8 heteroatoms. The molecular weight excluding hydrogens is 479 g/mol. The Bertz CT molecular complexity index is 1230. The minimum atomic E-state index is -0.416. The zero-order valence-corrected chi connectivity index (χ0v) is 20.3. The summed E-state index contributed by atoms with van der Waals surface area (Å²) in [6.45, 7) is 0.0000194. The molecule has 1 saturated heterocycles. The van der Waals surface area contributed by atoms with Crippen molar-refractivity contribution in [1.82, 2.24) is 0 Å². The third kappa shape index (κ3) is 5.21. The zero-order chi connectivity index (χ0) is 23.5. The SMILES string of the molecule is CN(C)c1ccc(N2C(=O)/C(=C/c3cccc(OCc4c(F)cccc4Cl)c3)SC2=S)cc1. The number of anilines is 2. The molecule has 168 valence electrons. The van der Waals surface area contributed by atoms with E-state index < -0.39 is 5.82 Å². The normalized spacial score (nSPS) is 14.8. The van der Waals surface area contributed by atoms with Gasteiger partial charge in [-0.2, -0.15) is 0 Å². The summed E-state index contributed by atoms with van der Waals surface area (Å²) in [4.78, 5) is 17.1. The van der Waals surface area contributed by atoms with Gasteiger partial charge in [0.05, 0.1) is 15.6 Å². The highest BCUT2D eigenvalue weighted by Gasteiger charge is 2.33. The first-order valence-corrected chi connectivity index (χ1v) is 11.6. The lowest BCUT2D eigenvalue weighted by atomic mass is 10.2. The maximum Gasteiger partial charge on any atom is 0.270 e. The van der Waals surface area contributed by atoms with E-state index in [9.17, 15) is 9.18 Å². The van der Waals surface area contributed by atoms with Crippen molar-refractivity contribution < 1.29 is 13.9 Å². The third-order valence-corrected chi connectivity index (χ3v) is 6.68. The van der Waals surface area contributed by atoms with E-state index >= 15 is 0 Å². The van der Waals surface area contributed by atoms with Crippen molar-refractivity contribution in [2.45, 2.75) is 6.61 Å². The molecule has 1 fully saturated rings. The van der Waals surface area contributed by atoms with Gasteiger partial charge in [-0.15, -0.1) is 0 Å². The predicted molar refractivity (Wildman–Crippen MR) is 139 cm³/mol. The number of thiocarbonyl (C=S) groups is 1. The smallest absolute Gasteiger partial charge is 0.270 e. The van der Waals surface area contributed by atoms with Crippen LogP contribution in [0.1, 0.15) is 11.1 Å². The molecule has 3 aromatic carbocycles. The van der Waals surface area contributed by atoms with E-state index in [-0.39, 0.29) is 12.5 Å². The topological polar surface area (TPSA) is 32.8 Å². The number of thioether (sulfide) groups is 1. The second kappa shape index (κ2) is 9.95. The quantitative estimate of drug-likeness (QED) is 0.285.